The first kappa shape index (κ1) is 17.7. The van der Waals surface area contributed by atoms with Crippen molar-refractivity contribution in [2.24, 2.45) is 0 Å². The third-order valence-electron chi connectivity index (χ3n) is 3.74. The van der Waals surface area contributed by atoms with Gasteiger partial charge in [-0.1, -0.05) is 23.3 Å². The highest BCUT2D eigenvalue weighted by molar-refractivity contribution is 5.99. The summed E-state index contributed by atoms with van der Waals surface area (Å²) >= 11 is 0. The molecule has 0 radical (unpaired) electrons. The van der Waals surface area contributed by atoms with Gasteiger partial charge >= 0.3 is 0 Å². The van der Waals surface area contributed by atoms with Crippen LogP contribution in [0.15, 0.2) is 42.1 Å². The third-order valence-corrected chi connectivity index (χ3v) is 3.74. The van der Waals surface area contributed by atoms with E-state index in [-0.39, 0.29) is 5.91 Å². The van der Waals surface area contributed by atoms with Crippen LogP contribution in [0.3, 0.4) is 0 Å². The summed E-state index contributed by atoms with van der Waals surface area (Å²) < 4.78 is 0. The lowest BCUT2D eigenvalue weighted by Gasteiger charge is -2.13. The van der Waals surface area contributed by atoms with Crippen molar-refractivity contribution in [3.63, 3.8) is 0 Å². The fraction of sp³-hybridized carbons (Fsp3) is 0.300. The number of nitrogens with zero attached hydrogens (tertiary/aromatic N) is 1. The Bertz CT molecular complexity index is 734. The van der Waals surface area contributed by atoms with E-state index in [2.05, 4.69) is 48.5 Å². The van der Waals surface area contributed by atoms with Gasteiger partial charge in [0.15, 0.2) is 0 Å². The summed E-state index contributed by atoms with van der Waals surface area (Å²) in [6.07, 6.45) is 3.23. The van der Waals surface area contributed by atoms with Gasteiger partial charge in [-0.3, -0.25) is 4.79 Å². The molecule has 0 aliphatic carbocycles. The molecule has 4 heteroatoms. The molecule has 2 rings (SSSR count). The molecule has 1 aromatic carbocycles. The number of carbonyl (C=O) groups is 1. The van der Waals surface area contributed by atoms with Crippen LogP contribution in [-0.4, -0.2) is 10.9 Å². The minimum Gasteiger partial charge on any atom is -0.366 e. The molecule has 0 aliphatic rings. The van der Waals surface area contributed by atoms with E-state index in [9.17, 15) is 4.79 Å². The van der Waals surface area contributed by atoms with Crippen molar-refractivity contribution >= 4 is 17.4 Å². The van der Waals surface area contributed by atoms with E-state index in [0.717, 1.165) is 17.9 Å². The van der Waals surface area contributed by atoms with Crippen LogP contribution in [-0.2, 0) is 11.3 Å². The molecular weight excluding hydrogens is 298 g/mol. The monoisotopic (exact) mass is 323 g/mol. The number of pyridine rings is 1. The van der Waals surface area contributed by atoms with Gasteiger partial charge in [0.2, 0.25) is 5.91 Å². The molecule has 0 fully saturated rings. The predicted molar refractivity (Wildman–Crippen MR) is 100 cm³/mol. The number of aryl methyl sites for hydroxylation is 3. The first-order valence-corrected chi connectivity index (χ1v) is 8.07. The second kappa shape index (κ2) is 7.77. The maximum atomic E-state index is 11.7. The normalized spacial score (nSPS) is 10.2. The minimum atomic E-state index is -0.136. The molecular formula is C20H25N3O. The van der Waals surface area contributed by atoms with Gasteiger partial charge in [0.1, 0.15) is 5.82 Å². The largest absolute Gasteiger partial charge is 0.366 e. The number of nitrogens with one attached hydrogen (secondary N) is 2. The molecule has 0 bridgehead atoms. The highest BCUT2D eigenvalue weighted by atomic mass is 16.1. The average molecular weight is 323 g/mol. The number of hydrogen-bond donors (Lipinski definition) is 2. The van der Waals surface area contributed by atoms with E-state index in [1.54, 1.807) is 12.3 Å². The minimum absolute atomic E-state index is 0.136. The maximum absolute atomic E-state index is 11.7. The fourth-order valence-electron chi connectivity index (χ4n) is 2.68. The van der Waals surface area contributed by atoms with Crippen molar-refractivity contribution in [1.82, 2.24) is 4.98 Å². The fourth-order valence-corrected chi connectivity index (χ4v) is 2.68. The van der Waals surface area contributed by atoms with Crippen LogP contribution in [0.4, 0.5) is 11.5 Å². The number of carbonyl (C=O) groups excluding carboxylic acids is 1. The molecule has 4 nitrogen and oxygen atoms in total. The summed E-state index contributed by atoms with van der Waals surface area (Å²) in [6.45, 7) is 10.9. The molecule has 0 saturated heterocycles. The van der Waals surface area contributed by atoms with Gasteiger partial charge in [0, 0.05) is 12.6 Å². The van der Waals surface area contributed by atoms with Crippen molar-refractivity contribution in [3.05, 3.63) is 64.4 Å². The smallest absolute Gasteiger partial charge is 0.248 e. The highest BCUT2D eigenvalue weighted by Crippen LogP contribution is 2.18. The topological polar surface area (TPSA) is 54.0 Å². The quantitative estimate of drug-likeness (QED) is 0.795. The Hall–Kier alpha value is -2.62. The van der Waals surface area contributed by atoms with Crippen LogP contribution in [0.25, 0.3) is 0 Å². The Morgan fingerprint density at radius 2 is 1.79 bits per heavy atom. The number of aromatic nitrogens is 1. The Morgan fingerprint density at radius 1 is 1.12 bits per heavy atom. The number of anilines is 2. The van der Waals surface area contributed by atoms with Gasteiger partial charge in [-0.15, -0.1) is 0 Å². The summed E-state index contributed by atoms with van der Waals surface area (Å²) in [6, 6.07) is 8.11. The molecule has 0 atom stereocenters. The van der Waals surface area contributed by atoms with Gasteiger partial charge in [-0.05, 0) is 63.4 Å². The van der Waals surface area contributed by atoms with E-state index in [1.165, 1.54) is 22.3 Å². The number of rotatable bonds is 5. The Kier molecular flexibility index (Phi) is 5.74. The first-order valence-electron chi connectivity index (χ1n) is 8.07. The second-order valence-corrected chi connectivity index (χ2v) is 6.37. The van der Waals surface area contributed by atoms with Crippen LogP contribution in [0, 0.1) is 20.8 Å². The molecule has 0 unspecified atom stereocenters. The van der Waals surface area contributed by atoms with Crippen molar-refractivity contribution in [1.29, 1.82) is 0 Å². The summed E-state index contributed by atoms with van der Waals surface area (Å²) in [5.41, 5.74) is 6.79. The van der Waals surface area contributed by atoms with Crippen molar-refractivity contribution in [2.45, 2.75) is 41.2 Å². The molecule has 2 aromatic rings. The zero-order valence-corrected chi connectivity index (χ0v) is 15.0. The van der Waals surface area contributed by atoms with Gasteiger partial charge in [0.25, 0.3) is 0 Å². The van der Waals surface area contributed by atoms with Gasteiger partial charge in [-0.2, -0.15) is 0 Å². The van der Waals surface area contributed by atoms with E-state index in [4.69, 9.17) is 0 Å². The third kappa shape index (κ3) is 4.95. The van der Waals surface area contributed by atoms with Gasteiger partial charge in [0.05, 0.1) is 11.9 Å². The summed E-state index contributed by atoms with van der Waals surface area (Å²) in [4.78, 5) is 16.0. The van der Waals surface area contributed by atoms with E-state index in [0.29, 0.717) is 5.69 Å². The van der Waals surface area contributed by atoms with E-state index < -0.39 is 0 Å². The molecule has 1 heterocycles. The van der Waals surface area contributed by atoms with Crippen LogP contribution < -0.4 is 10.6 Å². The van der Waals surface area contributed by atoms with Crippen LogP contribution in [0.1, 0.15) is 36.1 Å². The summed E-state index contributed by atoms with van der Waals surface area (Å²) in [7, 11) is 0. The number of benzene rings is 1. The molecule has 126 valence electrons. The van der Waals surface area contributed by atoms with Gasteiger partial charge < -0.3 is 10.6 Å². The Morgan fingerprint density at radius 3 is 2.33 bits per heavy atom. The molecule has 0 aliphatic heterocycles. The maximum Gasteiger partial charge on any atom is 0.248 e. The van der Waals surface area contributed by atoms with E-state index >= 15 is 0 Å². The van der Waals surface area contributed by atoms with Crippen molar-refractivity contribution < 1.29 is 4.79 Å². The standard InChI is InChI=1S/C20H25N3O/c1-13(2)8-20(24)23-17-6-7-19(21-11-17)22-12-18-15(4)9-14(3)10-16(18)5/h6-11H,12H2,1-5H3,(H,21,22)(H,23,24). The Balaban J connectivity index is 2.00. The second-order valence-electron chi connectivity index (χ2n) is 6.37. The number of allylic oxidation sites excluding steroid dienone is 1. The lowest BCUT2D eigenvalue weighted by molar-refractivity contribution is -0.111. The van der Waals surface area contributed by atoms with Crippen LogP contribution >= 0.6 is 0 Å². The van der Waals surface area contributed by atoms with Gasteiger partial charge in [-0.25, -0.2) is 4.98 Å². The lowest BCUT2D eigenvalue weighted by Crippen LogP contribution is -2.09. The average Bonchev–Trinajstić information content (AvgIpc) is 2.47. The number of hydrogen-bond acceptors (Lipinski definition) is 3. The van der Waals surface area contributed by atoms with Crippen molar-refractivity contribution in [3.8, 4) is 0 Å². The zero-order valence-electron chi connectivity index (χ0n) is 15.0. The van der Waals surface area contributed by atoms with E-state index in [1.807, 2.05) is 26.0 Å². The highest BCUT2D eigenvalue weighted by Gasteiger charge is 2.05. The Labute approximate surface area is 144 Å². The van der Waals surface area contributed by atoms with Crippen molar-refractivity contribution in [2.75, 3.05) is 10.6 Å². The number of amides is 1. The molecule has 0 saturated carbocycles. The summed E-state index contributed by atoms with van der Waals surface area (Å²) in [5, 5.41) is 6.13. The molecule has 1 amide bonds. The zero-order chi connectivity index (χ0) is 17.7. The molecule has 0 spiro atoms. The first-order chi connectivity index (χ1) is 11.3. The SMILES string of the molecule is CC(C)=CC(=O)Nc1ccc(NCc2c(C)cc(C)cc2C)nc1. The lowest BCUT2D eigenvalue weighted by atomic mass is 10.00. The van der Waals surface area contributed by atoms with Crippen LogP contribution in [0.2, 0.25) is 0 Å². The van der Waals surface area contributed by atoms with Crippen LogP contribution in [0.5, 0.6) is 0 Å². The molecule has 24 heavy (non-hydrogen) atoms. The summed E-state index contributed by atoms with van der Waals surface area (Å²) in [5.74, 6) is 0.651. The predicted octanol–water partition coefficient (Wildman–Crippen LogP) is 4.52. The molecule has 1 aromatic heterocycles. The molecule has 2 N–H and O–H groups in total.